The highest BCUT2D eigenvalue weighted by Crippen LogP contribution is 2.26. The zero-order valence-electron chi connectivity index (χ0n) is 26.3. The van der Waals surface area contributed by atoms with Gasteiger partial charge in [-0.15, -0.1) is 0 Å². The third-order valence-electron chi connectivity index (χ3n) is 8.42. The summed E-state index contributed by atoms with van der Waals surface area (Å²) < 4.78 is 34.6. The second-order valence-corrected chi connectivity index (χ2v) is 13.6. The number of anilines is 1. The molecule has 4 aromatic rings. The van der Waals surface area contributed by atoms with Crippen molar-refractivity contribution in [3.05, 3.63) is 126 Å². The topological polar surface area (TPSA) is 96.0 Å². The van der Waals surface area contributed by atoms with Gasteiger partial charge < -0.3 is 15.0 Å². The molecule has 0 spiro atoms. The molecule has 0 saturated heterocycles. The molecule has 0 heterocycles. The first-order chi connectivity index (χ1) is 22.2. The quantitative estimate of drug-likeness (QED) is 0.197. The largest absolute Gasteiger partial charge is 0.497 e. The van der Waals surface area contributed by atoms with Gasteiger partial charge in [0.2, 0.25) is 11.8 Å². The molecule has 0 bridgehead atoms. The lowest BCUT2D eigenvalue weighted by Crippen LogP contribution is -2.54. The van der Waals surface area contributed by atoms with Gasteiger partial charge in [-0.2, -0.15) is 0 Å². The average Bonchev–Trinajstić information content (AvgIpc) is 3.59. The monoisotopic (exact) mass is 639 g/mol. The number of rotatable bonds is 13. The van der Waals surface area contributed by atoms with Gasteiger partial charge in [-0.1, -0.05) is 91.2 Å². The van der Waals surface area contributed by atoms with Crippen LogP contribution in [0.2, 0.25) is 0 Å². The average molecular weight is 640 g/mol. The number of amides is 2. The lowest BCUT2D eigenvalue weighted by Gasteiger charge is -2.34. The summed E-state index contributed by atoms with van der Waals surface area (Å²) in [5.74, 6) is -0.202. The molecule has 1 atom stereocenters. The van der Waals surface area contributed by atoms with Crippen LogP contribution in [0.3, 0.4) is 0 Å². The molecule has 1 N–H and O–H groups in total. The van der Waals surface area contributed by atoms with E-state index in [1.54, 1.807) is 47.4 Å². The van der Waals surface area contributed by atoms with Crippen molar-refractivity contribution in [2.24, 2.45) is 0 Å². The Morgan fingerprint density at radius 1 is 0.826 bits per heavy atom. The van der Waals surface area contributed by atoms with Gasteiger partial charge in [0.1, 0.15) is 18.3 Å². The van der Waals surface area contributed by atoms with Crippen LogP contribution < -0.4 is 14.4 Å². The minimum atomic E-state index is -4.18. The zero-order valence-corrected chi connectivity index (χ0v) is 27.2. The maximum atomic E-state index is 14.6. The Labute approximate surface area is 272 Å². The van der Waals surface area contributed by atoms with E-state index < -0.39 is 28.5 Å². The van der Waals surface area contributed by atoms with Crippen LogP contribution in [0.25, 0.3) is 0 Å². The molecule has 9 heteroatoms. The van der Waals surface area contributed by atoms with Crippen molar-refractivity contribution in [3.63, 3.8) is 0 Å². The molecule has 1 aliphatic rings. The number of methoxy groups -OCH3 is 1. The van der Waals surface area contributed by atoms with Gasteiger partial charge in [0, 0.05) is 19.0 Å². The molecule has 8 nitrogen and oxygen atoms in total. The number of nitrogens with zero attached hydrogens (tertiary/aromatic N) is 2. The van der Waals surface area contributed by atoms with Gasteiger partial charge in [-0.05, 0) is 67.3 Å². The highest BCUT2D eigenvalue weighted by Gasteiger charge is 2.35. The first-order valence-corrected chi connectivity index (χ1v) is 17.1. The van der Waals surface area contributed by atoms with Crippen molar-refractivity contribution in [2.45, 2.75) is 62.6 Å². The number of ether oxygens (including phenoxy) is 1. The summed E-state index contributed by atoms with van der Waals surface area (Å²) in [6.07, 6.45) is 4.19. The summed E-state index contributed by atoms with van der Waals surface area (Å²) >= 11 is 0. The summed E-state index contributed by atoms with van der Waals surface area (Å²) in [5, 5.41) is 3.20. The van der Waals surface area contributed by atoms with Crippen LogP contribution >= 0.6 is 0 Å². The van der Waals surface area contributed by atoms with Crippen LogP contribution in [0, 0.1) is 6.92 Å². The number of para-hydroxylation sites is 1. The van der Waals surface area contributed by atoms with Crippen molar-refractivity contribution >= 4 is 27.5 Å². The van der Waals surface area contributed by atoms with Crippen molar-refractivity contribution in [2.75, 3.05) is 18.0 Å². The van der Waals surface area contributed by atoms with E-state index in [1.807, 2.05) is 61.5 Å². The highest BCUT2D eigenvalue weighted by atomic mass is 32.2. The fourth-order valence-electron chi connectivity index (χ4n) is 5.81. The second kappa shape index (κ2) is 15.1. The van der Waals surface area contributed by atoms with Crippen LogP contribution in [0.5, 0.6) is 5.75 Å². The summed E-state index contributed by atoms with van der Waals surface area (Å²) in [4.78, 5) is 30.2. The molecule has 0 aromatic heterocycles. The van der Waals surface area contributed by atoms with E-state index >= 15 is 0 Å². The molecule has 5 rings (SSSR count). The highest BCUT2D eigenvalue weighted by molar-refractivity contribution is 7.92. The normalized spacial score (nSPS) is 14.0. The lowest BCUT2D eigenvalue weighted by molar-refractivity contribution is -0.140. The van der Waals surface area contributed by atoms with Crippen LogP contribution in [-0.4, -0.2) is 50.9 Å². The Balaban J connectivity index is 1.54. The van der Waals surface area contributed by atoms with Crippen molar-refractivity contribution in [3.8, 4) is 5.75 Å². The summed E-state index contributed by atoms with van der Waals surface area (Å²) in [6, 6.07) is 31.2. The van der Waals surface area contributed by atoms with E-state index in [4.69, 9.17) is 4.74 Å². The Bertz CT molecular complexity index is 1690. The number of hydrogen-bond acceptors (Lipinski definition) is 5. The van der Waals surface area contributed by atoms with Crippen LogP contribution in [0.1, 0.15) is 42.4 Å². The predicted molar refractivity (Wildman–Crippen MR) is 180 cm³/mol. The van der Waals surface area contributed by atoms with Gasteiger partial charge >= 0.3 is 0 Å². The van der Waals surface area contributed by atoms with Gasteiger partial charge in [-0.25, -0.2) is 8.42 Å². The molecule has 0 radical (unpaired) electrons. The Kier molecular flexibility index (Phi) is 10.8. The fourth-order valence-corrected chi connectivity index (χ4v) is 7.22. The van der Waals surface area contributed by atoms with Crippen LogP contribution in [0.15, 0.2) is 114 Å². The van der Waals surface area contributed by atoms with Gasteiger partial charge in [0.25, 0.3) is 10.0 Å². The van der Waals surface area contributed by atoms with E-state index in [1.165, 1.54) is 19.2 Å². The maximum Gasteiger partial charge on any atom is 0.264 e. The molecule has 46 heavy (non-hydrogen) atoms. The Morgan fingerprint density at radius 3 is 2.04 bits per heavy atom. The molecule has 4 aromatic carbocycles. The van der Waals surface area contributed by atoms with Crippen molar-refractivity contribution < 1.29 is 22.7 Å². The first-order valence-electron chi connectivity index (χ1n) is 15.7. The molecule has 240 valence electrons. The summed E-state index contributed by atoms with van der Waals surface area (Å²) in [5.41, 5.74) is 3.16. The standard InChI is InChI=1S/C37H41N3O5S/c1-28-17-19-30(20-18-28)26-39(35(25-29-11-5-3-6-12-29)37(42)38-31-13-9-10-14-31)36(41)27-40(32-15-7-4-8-16-32)46(43,44)34-23-21-33(45-2)22-24-34/h3-8,11-12,15-24,31,35H,9-10,13-14,25-27H2,1-2H3,(H,38,42)/t35-/m1/s1. The van der Waals surface area contributed by atoms with E-state index in [0.29, 0.717) is 11.4 Å². The van der Waals surface area contributed by atoms with E-state index in [0.717, 1.165) is 46.7 Å². The third kappa shape index (κ3) is 8.14. The number of benzene rings is 4. The Morgan fingerprint density at radius 2 is 1.43 bits per heavy atom. The van der Waals surface area contributed by atoms with Crippen LogP contribution in [0.4, 0.5) is 5.69 Å². The predicted octanol–water partition coefficient (Wildman–Crippen LogP) is 5.90. The molecule has 1 fully saturated rings. The molecule has 1 aliphatic carbocycles. The smallest absolute Gasteiger partial charge is 0.264 e. The maximum absolute atomic E-state index is 14.6. The lowest BCUT2D eigenvalue weighted by atomic mass is 10.0. The first kappa shape index (κ1) is 32.8. The Hall–Kier alpha value is -4.63. The molecular formula is C37H41N3O5S. The summed E-state index contributed by atoms with van der Waals surface area (Å²) in [6.45, 7) is 1.63. The van der Waals surface area contributed by atoms with Crippen molar-refractivity contribution in [1.82, 2.24) is 10.2 Å². The van der Waals surface area contributed by atoms with E-state index in [-0.39, 0.29) is 29.8 Å². The van der Waals surface area contributed by atoms with Crippen LogP contribution in [-0.2, 0) is 32.6 Å². The van der Waals surface area contributed by atoms with Gasteiger partial charge in [0.05, 0.1) is 17.7 Å². The number of hydrogen-bond donors (Lipinski definition) is 1. The number of nitrogens with one attached hydrogen (secondary N) is 1. The van der Waals surface area contributed by atoms with Gasteiger partial charge in [-0.3, -0.25) is 13.9 Å². The zero-order chi connectivity index (χ0) is 32.5. The number of aryl methyl sites for hydroxylation is 1. The number of carbonyl (C=O) groups excluding carboxylic acids is 2. The minimum absolute atomic E-state index is 0.0230. The third-order valence-corrected chi connectivity index (χ3v) is 10.2. The van der Waals surface area contributed by atoms with E-state index in [9.17, 15) is 18.0 Å². The molecule has 0 aliphatic heterocycles. The molecular weight excluding hydrogens is 598 g/mol. The molecule has 1 saturated carbocycles. The van der Waals surface area contributed by atoms with Crippen molar-refractivity contribution in [1.29, 1.82) is 0 Å². The number of carbonyl (C=O) groups is 2. The molecule has 0 unspecified atom stereocenters. The second-order valence-electron chi connectivity index (χ2n) is 11.7. The van der Waals surface area contributed by atoms with E-state index in [2.05, 4.69) is 5.32 Å². The van der Waals surface area contributed by atoms with Gasteiger partial charge in [0.15, 0.2) is 0 Å². The summed E-state index contributed by atoms with van der Waals surface area (Å²) in [7, 11) is -2.67. The molecule has 2 amide bonds. The minimum Gasteiger partial charge on any atom is -0.497 e. The number of sulfonamides is 1. The SMILES string of the molecule is COc1ccc(S(=O)(=O)N(CC(=O)N(Cc2ccc(C)cc2)[C@H](Cc2ccccc2)C(=O)NC2CCCC2)c2ccccc2)cc1. The fraction of sp³-hybridized carbons (Fsp3) is 0.297.